The van der Waals surface area contributed by atoms with Gasteiger partial charge in [0.2, 0.25) is 10.0 Å². The Hall–Kier alpha value is -1.79. The van der Waals surface area contributed by atoms with Crippen molar-refractivity contribution in [1.29, 1.82) is 0 Å². The van der Waals surface area contributed by atoms with Crippen molar-refractivity contribution in [3.05, 3.63) is 29.3 Å². The Labute approximate surface area is 177 Å². The molecule has 0 amide bonds. The molecule has 1 saturated heterocycles. The minimum atomic E-state index is -3.87. The van der Waals surface area contributed by atoms with Gasteiger partial charge in [0.1, 0.15) is 5.75 Å². The van der Waals surface area contributed by atoms with Crippen molar-refractivity contribution in [2.24, 2.45) is 5.73 Å². The Morgan fingerprint density at radius 2 is 1.83 bits per heavy atom. The fourth-order valence-electron chi connectivity index (χ4n) is 3.09. The minimum Gasteiger partial charge on any atom is -0.479 e. The van der Waals surface area contributed by atoms with Crippen LogP contribution in [0.2, 0.25) is 5.02 Å². The molecule has 29 heavy (non-hydrogen) atoms. The Balaban J connectivity index is 2.02. The van der Waals surface area contributed by atoms with E-state index >= 15 is 0 Å². The highest BCUT2D eigenvalue weighted by Gasteiger charge is 2.40. The van der Waals surface area contributed by atoms with Crippen molar-refractivity contribution in [3.8, 4) is 11.8 Å². The summed E-state index contributed by atoms with van der Waals surface area (Å²) in [5, 5.41) is 10.1. The average Bonchev–Trinajstić information content (AvgIpc) is 2.68. The molecule has 160 valence electrons. The van der Waals surface area contributed by atoms with Crippen LogP contribution in [-0.4, -0.2) is 61.3 Å². The highest BCUT2D eigenvalue weighted by Crippen LogP contribution is 2.21. The van der Waals surface area contributed by atoms with Crippen LogP contribution in [0.1, 0.15) is 32.6 Å². The first-order chi connectivity index (χ1) is 13.7. The third kappa shape index (κ3) is 6.61. The number of carboxylic acid groups (broad SMARTS) is 1. The number of nitrogens with two attached hydrogens (primary N) is 1. The van der Waals surface area contributed by atoms with E-state index in [-0.39, 0.29) is 13.1 Å². The van der Waals surface area contributed by atoms with Crippen LogP contribution in [0.4, 0.5) is 5.69 Å². The van der Waals surface area contributed by atoms with Gasteiger partial charge in [-0.05, 0) is 30.7 Å². The second-order valence-corrected chi connectivity index (χ2v) is 9.56. The third-order valence-electron chi connectivity index (χ3n) is 4.83. The van der Waals surface area contributed by atoms with Crippen LogP contribution in [0.25, 0.3) is 0 Å². The molecule has 9 heteroatoms. The van der Waals surface area contributed by atoms with Gasteiger partial charge in [-0.15, -0.1) is 5.92 Å². The maximum Gasteiger partial charge on any atom is 0.337 e. The van der Waals surface area contributed by atoms with Crippen LogP contribution in [0.5, 0.6) is 0 Å². The molecule has 0 aromatic heterocycles. The number of anilines is 1. The molecule has 1 aliphatic rings. The lowest BCUT2D eigenvalue weighted by Gasteiger charge is -2.36. The van der Waals surface area contributed by atoms with E-state index in [1.807, 2.05) is 12.1 Å². The summed E-state index contributed by atoms with van der Waals surface area (Å²) in [5.74, 6) is 3.07. The maximum absolute atomic E-state index is 12.8. The second-order valence-electron chi connectivity index (χ2n) is 7.15. The first kappa shape index (κ1) is 23.5. The second kappa shape index (κ2) is 10.3. The van der Waals surface area contributed by atoms with E-state index in [0.29, 0.717) is 24.5 Å². The van der Waals surface area contributed by atoms with Gasteiger partial charge in [0.05, 0.1) is 0 Å². The molecule has 7 nitrogen and oxygen atoms in total. The van der Waals surface area contributed by atoms with Gasteiger partial charge in [0, 0.05) is 43.3 Å². The first-order valence-electron chi connectivity index (χ1n) is 9.68. The quantitative estimate of drug-likeness (QED) is 0.473. The first-order valence-corrected chi connectivity index (χ1v) is 11.7. The normalized spacial score (nSPS) is 17.3. The number of carboxylic acids is 1. The molecule has 0 bridgehead atoms. The van der Waals surface area contributed by atoms with E-state index in [2.05, 4.69) is 23.7 Å². The van der Waals surface area contributed by atoms with Gasteiger partial charge in [0.15, 0.2) is 5.54 Å². The molecule has 1 unspecified atom stereocenters. The molecular weight excluding hydrogens is 414 g/mol. The van der Waals surface area contributed by atoms with Crippen LogP contribution >= 0.6 is 11.6 Å². The Morgan fingerprint density at radius 1 is 1.21 bits per heavy atom. The van der Waals surface area contributed by atoms with Crippen LogP contribution in [0.15, 0.2) is 24.3 Å². The number of piperazine rings is 1. The summed E-state index contributed by atoms with van der Waals surface area (Å²) in [6, 6.07) is 7.34. The lowest BCUT2D eigenvalue weighted by atomic mass is 10.0. The number of hydrogen-bond donors (Lipinski definition) is 2. The summed E-state index contributed by atoms with van der Waals surface area (Å²) in [4.78, 5) is 13.7. The Morgan fingerprint density at radius 3 is 2.38 bits per heavy atom. The fourth-order valence-corrected chi connectivity index (χ4v) is 4.89. The molecule has 3 N–H and O–H groups in total. The number of unbranched alkanes of at least 4 members (excludes halogenated alkanes) is 3. The number of benzene rings is 1. The predicted octanol–water partition coefficient (Wildman–Crippen LogP) is 2.16. The largest absolute Gasteiger partial charge is 0.479 e. The SMILES string of the molecule is CCCCCC#CC(N)(CS(=O)(=O)N1CCN(c2ccc(Cl)cc2)CC1)C(=O)O. The summed E-state index contributed by atoms with van der Waals surface area (Å²) in [6.07, 6.45) is 3.33. The van der Waals surface area contributed by atoms with Crippen molar-refractivity contribution in [1.82, 2.24) is 4.31 Å². The van der Waals surface area contributed by atoms with Gasteiger partial charge in [-0.25, -0.2) is 13.2 Å². The van der Waals surface area contributed by atoms with Gasteiger partial charge < -0.3 is 15.7 Å². The maximum atomic E-state index is 12.8. The number of rotatable bonds is 8. The van der Waals surface area contributed by atoms with Gasteiger partial charge >= 0.3 is 5.97 Å². The molecule has 2 rings (SSSR count). The van der Waals surface area contributed by atoms with Gasteiger partial charge in [0.25, 0.3) is 0 Å². The molecule has 1 aliphatic heterocycles. The number of halogens is 1. The van der Waals surface area contributed by atoms with Gasteiger partial charge in [-0.3, -0.25) is 0 Å². The molecule has 0 spiro atoms. The zero-order valence-electron chi connectivity index (χ0n) is 16.6. The van der Waals surface area contributed by atoms with Crippen LogP contribution in [0.3, 0.4) is 0 Å². The monoisotopic (exact) mass is 441 g/mol. The molecule has 1 fully saturated rings. The van der Waals surface area contributed by atoms with Crippen LogP contribution in [0, 0.1) is 11.8 Å². The van der Waals surface area contributed by atoms with E-state index in [9.17, 15) is 18.3 Å². The molecule has 0 saturated carbocycles. The van der Waals surface area contributed by atoms with E-state index in [1.165, 1.54) is 4.31 Å². The zero-order chi connectivity index (χ0) is 21.5. The van der Waals surface area contributed by atoms with E-state index in [1.54, 1.807) is 12.1 Å². The smallest absolute Gasteiger partial charge is 0.337 e. The summed E-state index contributed by atoms with van der Waals surface area (Å²) in [5.41, 5.74) is 4.73. The Bertz CT molecular complexity index is 856. The van der Waals surface area contributed by atoms with Crippen molar-refractivity contribution in [2.45, 2.75) is 38.1 Å². The molecular formula is C20H28ClN3O4S. The number of carbonyl (C=O) groups is 1. The zero-order valence-corrected chi connectivity index (χ0v) is 18.2. The minimum absolute atomic E-state index is 0.255. The van der Waals surface area contributed by atoms with Crippen LogP contribution < -0.4 is 10.6 Å². The average molecular weight is 442 g/mol. The molecule has 0 radical (unpaired) electrons. The van der Waals surface area contributed by atoms with Gasteiger partial charge in [-0.2, -0.15) is 4.31 Å². The fraction of sp³-hybridized carbons (Fsp3) is 0.550. The topological polar surface area (TPSA) is 104 Å². The van der Waals surface area contributed by atoms with E-state index < -0.39 is 27.3 Å². The van der Waals surface area contributed by atoms with E-state index in [4.69, 9.17) is 17.3 Å². The number of aliphatic carboxylic acids is 1. The lowest BCUT2D eigenvalue weighted by molar-refractivity contribution is -0.140. The standard InChI is InChI=1S/C20H28ClN3O4S/c1-2-3-4-5-6-11-20(22,19(25)26)16-29(27,28)24-14-12-23(13-15-24)18-9-7-17(21)8-10-18/h7-10H,2-5,12-16,22H2,1H3,(H,25,26). The summed E-state index contributed by atoms with van der Waals surface area (Å²) >= 11 is 5.90. The predicted molar refractivity (Wildman–Crippen MR) is 115 cm³/mol. The van der Waals surface area contributed by atoms with E-state index in [0.717, 1.165) is 24.9 Å². The summed E-state index contributed by atoms with van der Waals surface area (Å²) in [6.45, 7) is 3.55. The highest BCUT2D eigenvalue weighted by molar-refractivity contribution is 7.89. The molecule has 1 aromatic carbocycles. The number of sulfonamides is 1. The lowest BCUT2D eigenvalue weighted by Crippen LogP contribution is -2.57. The van der Waals surface area contributed by atoms with Crippen molar-refractivity contribution >= 4 is 33.3 Å². The van der Waals surface area contributed by atoms with Crippen LogP contribution in [-0.2, 0) is 14.8 Å². The molecule has 0 aliphatic carbocycles. The molecule has 1 aromatic rings. The van der Waals surface area contributed by atoms with Crippen molar-refractivity contribution in [3.63, 3.8) is 0 Å². The van der Waals surface area contributed by atoms with Gasteiger partial charge in [-0.1, -0.05) is 37.3 Å². The summed E-state index contributed by atoms with van der Waals surface area (Å²) in [7, 11) is -3.87. The van der Waals surface area contributed by atoms with Crippen molar-refractivity contribution < 1.29 is 18.3 Å². The number of hydrogen-bond acceptors (Lipinski definition) is 5. The summed E-state index contributed by atoms with van der Waals surface area (Å²) < 4.78 is 26.9. The molecule has 1 atom stereocenters. The van der Waals surface area contributed by atoms with Crippen molar-refractivity contribution in [2.75, 3.05) is 36.8 Å². The Kier molecular flexibility index (Phi) is 8.34. The molecule has 1 heterocycles. The highest BCUT2D eigenvalue weighted by atomic mass is 35.5. The number of nitrogens with zero attached hydrogens (tertiary/aromatic N) is 2. The third-order valence-corrected chi connectivity index (χ3v) is 7.06.